The van der Waals surface area contributed by atoms with Crippen molar-refractivity contribution in [2.24, 2.45) is 11.7 Å². The fourth-order valence-electron chi connectivity index (χ4n) is 5.05. The highest BCUT2D eigenvalue weighted by molar-refractivity contribution is 7.89. The van der Waals surface area contributed by atoms with Crippen molar-refractivity contribution in [2.45, 2.75) is 42.2 Å². The topological polar surface area (TPSA) is 120 Å². The number of alkyl halides is 2. The van der Waals surface area contributed by atoms with E-state index >= 15 is 0 Å². The minimum atomic E-state index is -3.80. The maximum atomic E-state index is 14.9. The number of carbonyl (C=O) groups excluding carboxylic acids is 1. The fourth-order valence-corrected chi connectivity index (χ4v) is 6.67. The number of nitrogens with two attached hydrogens (primary N) is 1. The van der Waals surface area contributed by atoms with Gasteiger partial charge < -0.3 is 20.6 Å². The zero-order chi connectivity index (χ0) is 26.5. The molecule has 0 unspecified atom stereocenters. The van der Waals surface area contributed by atoms with E-state index in [1.165, 1.54) is 22.5 Å². The summed E-state index contributed by atoms with van der Waals surface area (Å²) >= 11 is 6.07. The van der Waals surface area contributed by atoms with Crippen LogP contribution in [0.1, 0.15) is 24.8 Å². The molecule has 1 amide bonds. The number of aliphatic hydroxyl groups is 1. The quantitative estimate of drug-likeness (QED) is 0.524. The first-order valence-electron chi connectivity index (χ1n) is 12.1. The summed E-state index contributed by atoms with van der Waals surface area (Å²) < 4.78 is 57.6. The predicted molar refractivity (Wildman–Crippen MR) is 134 cm³/mol. The molecule has 2 aliphatic heterocycles. The smallest absolute Gasteiger partial charge is 0.276 e. The van der Waals surface area contributed by atoms with E-state index in [0.717, 1.165) is 6.07 Å². The third kappa shape index (κ3) is 5.05. The standard InChI is InChI=1S/C24H28ClF2N5O4S/c25-21-11-16(24(26,27)15-9-19(33)10-15)12-22(29-21)30-5-7-31(8-6-30)37(35,36)20-3-1-18(2-4-20)32-14-17(28)13-23(32)34/h1-4,11-12,15,17,19,33H,5-10,13-14,28H2/t15-,17-,19-/m1/s1. The first-order chi connectivity index (χ1) is 17.4. The highest BCUT2D eigenvalue weighted by Gasteiger charge is 2.48. The van der Waals surface area contributed by atoms with E-state index in [9.17, 15) is 27.1 Å². The average molecular weight is 556 g/mol. The lowest BCUT2D eigenvalue weighted by atomic mass is 9.76. The molecule has 1 atom stereocenters. The third-order valence-corrected chi connectivity index (χ3v) is 9.40. The second-order valence-electron chi connectivity index (χ2n) is 9.84. The Morgan fingerprint density at radius 1 is 1.08 bits per heavy atom. The number of aliphatic hydroxyl groups excluding tert-OH is 1. The highest BCUT2D eigenvalue weighted by Crippen LogP contribution is 2.47. The molecular formula is C24H28ClF2N5O4S. The molecule has 3 fully saturated rings. The zero-order valence-electron chi connectivity index (χ0n) is 19.9. The van der Waals surface area contributed by atoms with Crippen molar-refractivity contribution in [1.82, 2.24) is 9.29 Å². The molecule has 0 bridgehead atoms. The maximum absolute atomic E-state index is 14.9. The van der Waals surface area contributed by atoms with Gasteiger partial charge in [-0.25, -0.2) is 22.2 Å². The number of rotatable bonds is 6. The molecule has 3 heterocycles. The number of carbonyl (C=O) groups is 1. The summed E-state index contributed by atoms with van der Waals surface area (Å²) in [5.74, 6) is -3.94. The lowest BCUT2D eigenvalue weighted by molar-refractivity contribution is -0.132. The minimum Gasteiger partial charge on any atom is -0.393 e. The monoisotopic (exact) mass is 555 g/mol. The van der Waals surface area contributed by atoms with Gasteiger partial charge in [0.15, 0.2) is 0 Å². The van der Waals surface area contributed by atoms with Crippen LogP contribution in [0.3, 0.4) is 0 Å². The highest BCUT2D eigenvalue weighted by atomic mass is 35.5. The maximum Gasteiger partial charge on any atom is 0.276 e. The number of benzene rings is 1. The van der Waals surface area contributed by atoms with Crippen LogP contribution >= 0.6 is 11.6 Å². The molecule has 5 rings (SSSR count). The second kappa shape index (κ2) is 9.73. The Morgan fingerprint density at radius 2 is 1.73 bits per heavy atom. The molecule has 9 nitrogen and oxygen atoms in total. The molecule has 0 radical (unpaired) electrons. The first kappa shape index (κ1) is 26.2. The summed E-state index contributed by atoms with van der Waals surface area (Å²) in [5, 5.41) is 9.37. The first-order valence-corrected chi connectivity index (χ1v) is 13.9. The van der Waals surface area contributed by atoms with Gasteiger partial charge in [0.05, 0.1) is 11.0 Å². The summed E-state index contributed by atoms with van der Waals surface area (Å²) in [4.78, 5) is 19.6. The molecule has 0 spiro atoms. The van der Waals surface area contributed by atoms with E-state index in [4.69, 9.17) is 17.3 Å². The average Bonchev–Trinajstić information content (AvgIpc) is 3.19. The molecule has 37 heavy (non-hydrogen) atoms. The van der Waals surface area contributed by atoms with Crippen LogP contribution in [0.15, 0.2) is 41.3 Å². The van der Waals surface area contributed by atoms with E-state index in [1.807, 2.05) is 0 Å². The van der Waals surface area contributed by atoms with Crippen LogP contribution in [0.5, 0.6) is 0 Å². The van der Waals surface area contributed by atoms with Gasteiger partial charge in [-0.05, 0) is 49.2 Å². The molecule has 1 aromatic heterocycles. The third-order valence-electron chi connectivity index (χ3n) is 7.30. The van der Waals surface area contributed by atoms with Gasteiger partial charge >= 0.3 is 0 Å². The molecule has 1 aromatic carbocycles. The molecule has 3 aliphatic rings. The van der Waals surface area contributed by atoms with Crippen molar-refractivity contribution in [3.63, 3.8) is 0 Å². The van der Waals surface area contributed by atoms with Gasteiger partial charge in [0.2, 0.25) is 15.9 Å². The number of hydrogen-bond acceptors (Lipinski definition) is 7. The second-order valence-corrected chi connectivity index (χ2v) is 12.2. The van der Waals surface area contributed by atoms with E-state index in [0.29, 0.717) is 12.2 Å². The molecule has 2 saturated heterocycles. The number of amides is 1. The van der Waals surface area contributed by atoms with Crippen molar-refractivity contribution in [1.29, 1.82) is 0 Å². The van der Waals surface area contributed by atoms with E-state index in [2.05, 4.69) is 4.98 Å². The Morgan fingerprint density at radius 3 is 2.30 bits per heavy atom. The van der Waals surface area contributed by atoms with Gasteiger partial charge in [-0.3, -0.25) is 4.79 Å². The van der Waals surface area contributed by atoms with Gasteiger partial charge in [-0.2, -0.15) is 4.31 Å². The lowest BCUT2D eigenvalue weighted by Crippen LogP contribution is -2.49. The van der Waals surface area contributed by atoms with Gasteiger partial charge in [0, 0.05) is 62.4 Å². The van der Waals surface area contributed by atoms with Crippen LogP contribution in [0.25, 0.3) is 0 Å². The molecule has 3 N–H and O–H groups in total. The normalized spacial score (nSPS) is 25.4. The number of aromatic nitrogens is 1. The van der Waals surface area contributed by atoms with Crippen LogP contribution in [0.2, 0.25) is 5.15 Å². The van der Waals surface area contributed by atoms with Crippen molar-refractivity contribution in [3.8, 4) is 0 Å². The predicted octanol–water partition coefficient (Wildman–Crippen LogP) is 2.17. The summed E-state index contributed by atoms with van der Waals surface area (Å²) in [5.41, 5.74) is 6.18. The van der Waals surface area contributed by atoms with Crippen molar-refractivity contribution in [2.75, 3.05) is 42.5 Å². The number of sulfonamides is 1. The number of piperazine rings is 1. The summed E-state index contributed by atoms with van der Waals surface area (Å²) in [6, 6.07) is 8.33. The van der Waals surface area contributed by atoms with Gasteiger partial charge in [-0.1, -0.05) is 11.6 Å². The van der Waals surface area contributed by atoms with E-state index in [-0.39, 0.29) is 78.8 Å². The number of anilines is 2. The number of hydrogen-bond donors (Lipinski definition) is 2. The minimum absolute atomic E-state index is 0.0294. The summed E-state index contributed by atoms with van der Waals surface area (Å²) in [7, 11) is -3.80. The summed E-state index contributed by atoms with van der Waals surface area (Å²) in [6.07, 6.45) is -0.391. The Bertz CT molecular complexity index is 1280. The molecule has 13 heteroatoms. The Hall–Kier alpha value is -2.38. The molecular weight excluding hydrogens is 528 g/mol. The van der Waals surface area contributed by atoms with Crippen LogP contribution in [-0.2, 0) is 20.7 Å². The fraction of sp³-hybridized carbons (Fsp3) is 0.500. The van der Waals surface area contributed by atoms with Gasteiger partial charge in [0.1, 0.15) is 11.0 Å². The number of nitrogens with zero attached hydrogens (tertiary/aromatic N) is 4. The molecule has 200 valence electrons. The van der Waals surface area contributed by atoms with Crippen molar-refractivity contribution in [3.05, 3.63) is 47.1 Å². The van der Waals surface area contributed by atoms with E-state index < -0.39 is 28.0 Å². The number of halogens is 3. The Kier molecular flexibility index (Phi) is 6.90. The van der Waals surface area contributed by atoms with Gasteiger partial charge in [0.25, 0.3) is 5.92 Å². The molecule has 2 aromatic rings. The Labute approximate surface area is 218 Å². The summed E-state index contributed by atoms with van der Waals surface area (Å²) in [6.45, 7) is 1.16. The number of pyridine rings is 1. The SMILES string of the molecule is N[C@@H]1CC(=O)N(c2ccc(S(=O)(=O)N3CCN(c4cc(C(F)(F)[C@H]5C[C@H](O)C5)cc(Cl)n4)CC3)cc2)C1. The molecule has 1 saturated carbocycles. The van der Waals surface area contributed by atoms with Crippen LogP contribution in [0, 0.1) is 5.92 Å². The molecule has 1 aliphatic carbocycles. The van der Waals surface area contributed by atoms with E-state index in [1.54, 1.807) is 21.9 Å². The van der Waals surface area contributed by atoms with Crippen LogP contribution < -0.4 is 15.5 Å². The zero-order valence-corrected chi connectivity index (χ0v) is 21.5. The van der Waals surface area contributed by atoms with Crippen molar-refractivity contribution < 1.29 is 27.1 Å². The van der Waals surface area contributed by atoms with Crippen molar-refractivity contribution >= 4 is 39.0 Å². The Balaban J connectivity index is 1.26. The van der Waals surface area contributed by atoms with Crippen LogP contribution in [-0.4, -0.2) is 73.6 Å². The lowest BCUT2D eigenvalue weighted by Gasteiger charge is -2.38. The van der Waals surface area contributed by atoms with Gasteiger partial charge in [-0.15, -0.1) is 0 Å². The largest absolute Gasteiger partial charge is 0.393 e. The van der Waals surface area contributed by atoms with Crippen LogP contribution in [0.4, 0.5) is 20.3 Å².